The minimum atomic E-state index is -3.36. The molecule has 3 aromatic carbocycles. The van der Waals surface area contributed by atoms with Crippen molar-refractivity contribution >= 4 is 49.9 Å². The number of nitrogens with zero attached hydrogens (tertiary/aromatic N) is 1. The Morgan fingerprint density at radius 3 is 2.53 bits per heavy atom. The van der Waals surface area contributed by atoms with Crippen LogP contribution >= 0.6 is 11.6 Å². The van der Waals surface area contributed by atoms with Gasteiger partial charge in [-0.25, -0.2) is 8.42 Å². The van der Waals surface area contributed by atoms with Gasteiger partial charge in [0.2, 0.25) is 0 Å². The van der Waals surface area contributed by atoms with Crippen LogP contribution in [0, 0.1) is 6.92 Å². The van der Waals surface area contributed by atoms with Crippen molar-refractivity contribution in [2.45, 2.75) is 24.7 Å². The first-order valence-electron chi connectivity index (χ1n) is 10.2. The molecule has 0 saturated heterocycles. The van der Waals surface area contributed by atoms with Crippen molar-refractivity contribution in [2.75, 3.05) is 23.6 Å². The van der Waals surface area contributed by atoms with Crippen LogP contribution in [-0.2, 0) is 14.6 Å². The quantitative estimate of drug-likeness (QED) is 0.429. The van der Waals surface area contributed by atoms with Crippen molar-refractivity contribution in [3.05, 3.63) is 70.8 Å². The molecule has 1 amide bonds. The summed E-state index contributed by atoms with van der Waals surface area (Å²) in [5.74, 6) is 0.205. The zero-order valence-electron chi connectivity index (χ0n) is 18.1. The third-order valence-electron chi connectivity index (χ3n) is 5.96. The fourth-order valence-electron chi connectivity index (χ4n) is 4.26. The van der Waals surface area contributed by atoms with Crippen molar-refractivity contribution in [3.8, 4) is 5.75 Å². The molecule has 5 nitrogen and oxygen atoms in total. The van der Waals surface area contributed by atoms with E-state index >= 15 is 0 Å². The number of amides is 1. The Balaban J connectivity index is 1.77. The van der Waals surface area contributed by atoms with Crippen molar-refractivity contribution in [1.82, 2.24) is 0 Å². The number of phenolic OH excluding ortho intramolecular Hbond substituents is 1. The highest BCUT2D eigenvalue weighted by Crippen LogP contribution is 2.45. The van der Waals surface area contributed by atoms with Crippen molar-refractivity contribution in [3.63, 3.8) is 0 Å². The molecule has 0 unspecified atom stereocenters. The Morgan fingerprint density at radius 1 is 1.19 bits per heavy atom. The average Bonchev–Trinajstić information content (AvgIpc) is 3.12. The van der Waals surface area contributed by atoms with Crippen LogP contribution in [0.2, 0.25) is 0 Å². The summed E-state index contributed by atoms with van der Waals surface area (Å²) in [5.41, 5.74) is 3.63. The number of sulfone groups is 1. The van der Waals surface area contributed by atoms with E-state index in [1.165, 1.54) is 0 Å². The van der Waals surface area contributed by atoms with Crippen LogP contribution in [0.15, 0.2) is 59.0 Å². The van der Waals surface area contributed by atoms with E-state index in [0.29, 0.717) is 29.2 Å². The summed E-state index contributed by atoms with van der Waals surface area (Å²) >= 11 is 6.26. The van der Waals surface area contributed by atoms with Crippen molar-refractivity contribution in [2.24, 2.45) is 0 Å². The molecule has 7 heteroatoms. The zero-order valence-corrected chi connectivity index (χ0v) is 19.7. The molecule has 1 aliphatic rings. The van der Waals surface area contributed by atoms with Gasteiger partial charge in [0.15, 0.2) is 9.84 Å². The summed E-state index contributed by atoms with van der Waals surface area (Å²) < 4.78 is 23.9. The summed E-state index contributed by atoms with van der Waals surface area (Å²) in [6.45, 7) is 4.00. The molecule has 1 aliphatic heterocycles. The number of hydrogen-bond donors (Lipinski definition) is 1. The van der Waals surface area contributed by atoms with Crippen LogP contribution in [0.25, 0.3) is 16.8 Å². The van der Waals surface area contributed by atoms with Crippen molar-refractivity contribution < 1.29 is 18.3 Å². The highest BCUT2D eigenvalue weighted by molar-refractivity contribution is 7.90. The lowest BCUT2D eigenvalue weighted by Gasteiger charge is -2.19. The van der Waals surface area contributed by atoms with Crippen LogP contribution in [-0.4, -0.2) is 38.1 Å². The summed E-state index contributed by atoms with van der Waals surface area (Å²) in [6, 6.07) is 14.1. The molecular formula is C25H24ClNO4S. The first-order chi connectivity index (χ1) is 15.1. The molecule has 0 fully saturated rings. The first kappa shape index (κ1) is 22.4. The third-order valence-corrected chi connectivity index (χ3v) is 7.45. The molecule has 166 valence electrons. The molecule has 0 aliphatic carbocycles. The molecule has 1 N–H and O–H groups in total. The number of rotatable bonds is 4. The van der Waals surface area contributed by atoms with Gasteiger partial charge in [-0.3, -0.25) is 4.79 Å². The number of anilines is 1. The number of alkyl halides is 1. The number of carbonyl (C=O) groups is 1. The van der Waals surface area contributed by atoms with Crippen LogP contribution in [0.4, 0.5) is 5.69 Å². The van der Waals surface area contributed by atoms with E-state index in [-0.39, 0.29) is 22.5 Å². The number of fused-ring (bicyclic) bond motifs is 3. The molecule has 4 rings (SSSR count). The molecule has 0 radical (unpaired) electrons. The minimum absolute atomic E-state index is 0.0517. The lowest BCUT2D eigenvalue weighted by atomic mass is 9.95. The van der Waals surface area contributed by atoms with Gasteiger partial charge >= 0.3 is 0 Å². The summed E-state index contributed by atoms with van der Waals surface area (Å²) in [4.78, 5) is 15.3. The normalized spacial score (nSPS) is 16.4. The Morgan fingerprint density at radius 2 is 1.88 bits per heavy atom. The topological polar surface area (TPSA) is 74.7 Å². The summed E-state index contributed by atoms with van der Waals surface area (Å²) in [6.07, 6.45) is 2.87. The average molecular weight is 470 g/mol. The maximum Gasteiger partial charge on any atom is 0.253 e. The molecule has 1 atom stereocenters. The third kappa shape index (κ3) is 3.89. The molecule has 0 aromatic heterocycles. The molecule has 0 bridgehead atoms. The SMILES string of the molecule is C/C(=C\c1cc(S(C)(=O)=O)ccc1C)C(=O)N1C[C@@H](CCl)c2c1cc(O)c1ccccc21. The first-order valence-corrected chi connectivity index (χ1v) is 12.7. The van der Waals surface area contributed by atoms with Crippen LogP contribution < -0.4 is 4.90 Å². The highest BCUT2D eigenvalue weighted by Gasteiger charge is 2.34. The smallest absolute Gasteiger partial charge is 0.253 e. The standard InChI is InChI=1S/C25H24ClNO4S/c1-15-8-9-19(32(3,30)31)11-17(15)10-16(2)25(29)27-14-18(13-26)24-21-7-5-4-6-20(21)23(28)12-22(24)27/h4-12,18,28H,13-14H2,1-3H3/b16-10+/t18-/m1/s1. The van der Waals surface area contributed by atoms with E-state index in [1.807, 2.05) is 31.2 Å². The minimum Gasteiger partial charge on any atom is -0.507 e. The Labute approximate surface area is 192 Å². The predicted molar refractivity (Wildman–Crippen MR) is 129 cm³/mol. The van der Waals surface area contributed by atoms with Crippen molar-refractivity contribution in [1.29, 1.82) is 0 Å². The summed E-state index contributed by atoms with van der Waals surface area (Å²) in [5, 5.41) is 12.2. The number of aryl methyl sites for hydroxylation is 1. The molecule has 3 aromatic rings. The van der Waals surface area contributed by atoms with Crippen LogP contribution in [0.5, 0.6) is 5.75 Å². The van der Waals surface area contributed by atoms with Crippen LogP contribution in [0.3, 0.4) is 0 Å². The number of hydrogen-bond acceptors (Lipinski definition) is 4. The maximum absolute atomic E-state index is 13.4. The van der Waals surface area contributed by atoms with E-state index in [1.54, 1.807) is 42.2 Å². The monoisotopic (exact) mass is 469 g/mol. The number of aromatic hydroxyl groups is 1. The number of benzene rings is 3. The molecule has 1 heterocycles. The van der Waals surface area contributed by atoms with E-state index in [4.69, 9.17) is 11.6 Å². The second-order valence-corrected chi connectivity index (χ2v) is 10.6. The van der Waals surface area contributed by atoms with Gasteiger partial charge in [0.1, 0.15) is 5.75 Å². The number of halogens is 1. The second-order valence-electron chi connectivity index (χ2n) is 8.26. The van der Waals surface area contributed by atoms with E-state index in [2.05, 4.69) is 0 Å². The van der Waals surface area contributed by atoms with Gasteiger partial charge in [0.25, 0.3) is 5.91 Å². The van der Waals surface area contributed by atoms with Crippen LogP contribution in [0.1, 0.15) is 29.5 Å². The van der Waals surface area contributed by atoms with Gasteiger partial charge in [0, 0.05) is 41.6 Å². The second kappa shape index (κ2) is 8.26. The van der Waals surface area contributed by atoms with E-state index in [0.717, 1.165) is 28.2 Å². The summed E-state index contributed by atoms with van der Waals surface area (Å²) in [7, 11) is -3.36. The molecule has 0 spiro atoms. The molecular weight excluding hydrogens is 446 g/mol. The van der Waals surface area contributed by atoms with E-state index in [9.17, 15) is 18.3 Å². The van der Waals surface area contributed by atoms with Gasteiger partial charge in [-0.15, -0.1) is 11.6 Å². The lowest BCUT2D eigenvalue weighted by molar-refractivity contribution is -0.115. The van der Waals surface area contributed by atoms with Gasteiger partial charge in [-0.2, -0.15) is 0 Å². The predicted octanol–water partition coefficient (Wildman–Crippen LogP) is 5.03. The maximum atomic E-state index is 13.4. The fourth-order valence-corrected chi connectivity index (χ4v) is 5.17. The van der Waals surface area contributed by atoms with Gasteiger partial charge < -0.3 is 10.0 Å². The number of carbonyl (C=O) groups excluding carboxylic acids is 1. The highest BCUT2D eigenvalue weighted by atomic mass is 35.5. The van der Waals surface area contributed by atoms with Gasteiger partial charge in [0.05, 0.1) is 10.6 Å². The Hall–Kier alpha value is -2.83. The van der Waals surface area contributed by atoms with E-state index < -0.39 is 9.84 Å². The van der Waals surface area contributed by atoms with Gasteiger partial charge in [-0.1, -0.05) is 30.3 Å². The fraction of sp³-hybridized carbons (Fsp3) is 0.240. The Kier molecular flexibility index (Phi) is 5.77. The zero-order chi connectivity index (χ0) is 23.2. The molecule has 32 heavy (non-hydrogen) atoms. The lowest BCUT2D eigenvalue weighted by Crippen LogP contribution is -2.30. The number of phenols is 1. The van der Waals surface area contributed by atoms with Gasteiger partial charge in [-0.05, 0) is 54.1 Å². The molecule has 0 saturated carbocycles. The largest absolute Gasteiger partial charge is 0.507 e. The Bertz CT molecular complexity index is 1380.